The molecular weight excluding hydrogens is 278 g/mol. The van der Waals surface area contributed by atoms with E-state index in [1.165, 1.54) is 36.5 Å². The summed E-state index contributed by atoms with van der Waals surface area (Å²) in [6.45, 7) is 4.60. The molecule has 0 bridgehead atoms. The number of hydrogen-bond donors (Lipinski definition) is 0. The molecule has 110 valence electrons. The summed E-state index contributed by atoms with van der Waals surface area (Å²) in [6, 6.07) is 12.1. The fourth-order valence-corrected chi connectivity index (χ4v) is 4.59. The standard InChI is InChI=1S/C17H21N3S/c1-2-8-18-14(4-1)12-19-9-6-17-16(19)7-10-20(17)13-15-5-3-11-21-15/h1-5,8,11,16-17H,6-7,9-10,12-13H2/t16-,17+/m0/s1. The highest BCUT2D eigenvalue weighted by molar-refractivity contribution is 7.09. The quantitative estimate of drug-likeness (QED) is 0.865. The Kier molecular flexibility index (Phi) is 3.76. The van der Waals surface area contributed by atoms with E-state index in [9.17, 15) is 0 Å². The van der Waals surface area contributed by atoms with Crippen molar-refractivity contribution in [3.63, 3.8) is 0 Å². The minimum atomic E-state index is 0.729. The lowest BCUT2D eigenvalue weighted by Gasteiger charge is -2.25. The number of fused-ring (bicyclic) bond motifs is 1. The second-order valence-electron chi connectivity index (χ2n) is 6.05. The van der Waals surface area contributed by atoms with Crippen LogP contribution in [0, 0.1) is 0 Å². The minimum Gasteiger partial charge on any atom is -0.294 e. The van der Waals surface area contributed by atoms with Gasteiger partial charge in [-0.25, -0.2) is 0 Å². The van der Waals surface area contributed by atoms with Gasteiger partial charge in [-0.15, -0.1) is 11.3 Å². The molecule has 2 atom stereocenters. The van der Waals surface area contributed by atoms with E-state index < -0.39 is 0 Å². The summed E-state index contributed by atoms with van der Waals surface area (Å²) in [6.07, 6.45) is 4.52. The Morgan fingerprint density at radius 1 is 1.00 bits per heavy atom. The number of hydrogen-bond acceptors (Lipinski definition) is 4. The summed E-state index contributed by atoms with van der Waals surface area (Å²) in [5.74, 6) is 0. The van der Waals surface area contributed by atoms with Gasteiger partial charge in [-0.2, -0.15) is 0 Å². The van der Waals surface area contributed by atoms with Crippen molar-refractivity contribution < 1.29 is 0 Å². The Morgan fingerprint density at radius 3 is 2.48 bits per heavy atom. The van der Waals surface area contributed by atoms with Crippen molar-refractivity contribution in [1.82, 2.24) is 14.8 Å². The van der Waals surface area contributed by atoms with Gasteiger partial charge < -0.3 is 0 Å². The summed E-state index contributed by atoms with van der Waals surface area (Å²) >= 11 is 1.88. The molecule has 0 unspecified atom stereocenters. The van der Waals surface area contributed by atoms with Gasteiger partial charge in [0.2, 0.25) is 0 Å². The summed E-state index contributed by atoms with van der Waals surface area (Å²) in [4.78, 5) is 11.3. The van der Waals surface area contributed by atoms with Crippen LogP contribution in [0.1, 0.15) is 23.4 Å². The van der Waals surface area contributed by atoms with Crippen LogP contribution < -0.4 is 0 Å². The predicted octanol–water partition coefficient (Wildman–Crippen LogP) is 2.99. The van der Waals surface area contributed by atoms with E-state index in [4.69, 9.17) is 0 Å². The van der Waals surface area contributed by atoms with Crippen LogP contribution in [0.4, 0.5) is 0 Å². The van der Waals surface area contributed by atoms with E-state index in [-0.39, 0.29) is 0 Å². The highest BCUT2D eigenvalue weighted by Crippen LogP contribution is 2.33. The number of thiophene rings is 1. The average Bonchev–Trinajstić information content (AvgIpc) is 3.21. The lowest BCUT2D eigenvalue weighted by atomic mass is 10.1. The van der Waals surface area contributed by atoms with Gasteiger partial charge in [0.05, 0.1) is 5.69 Å². The topological polar surface area (TPSA) is 19.4 Å². The van der Waals surface area contributed by atoms with Crippen molar-refractivity contribution >= 4 is 11.3 Å². The fourth-order valence-electron chi connectivity index (χ4n) is 3.86. The molecule has 0 radical (unpaired) electrons. The third-order valence-corrected chi connectivity index (χ3v) is 5.70. The van der Waals surface area contributed by atoms with Crippen molar-refractivity contribution in [2.45, 2.75) is 38.0 Å². The molecule has 0 amide bonds. The number of likely N-dealkylation sites (tertiary alicyclic amines) is 2. The Hall–Kier alpha value is -1.23. The van der Waals surface area contributed by atoms with Crippen LogP contribution in [-0.4, -0.2) is 40.0 Å². The second kappa shape index (κ2) is 5.87. The van der Waals surface area contributed by atoms with Crippen LogP contribution in [0.5, 0.6) is 0 Å². The lowest BCUT2D eigenvalue weighted by Crippen LogP contribution is -2.36. The van der Waals surface area contributed by atoms with Gasteiger partial charge in [-0.05, 0) is 36.4 Å². The predicted molar refractivity (Wildman–Crippen MR) is 86.2 cm³/mol. The van der Waals surface area contributed by atoms with Gasteiger partial charge in [0.1, 0.15) is 0 Å². The molecule has 3 nitrogen and oxygen atoms in total. The van der Waals surface area contributed by atoms with Crippen molar-refractivity contribution in [2.24, 2.45) is 0 Å². The molecule has 21 heavy (non-hydrogen) atoms. The Morgan fingerprint density at radius 2 is 1.81 bits per heavy atom. The van der Waals surface area contributed by atoms with E-state index in [1.54, 1.807) is 0 Å². The van der Waals surface area contributed by atoms with Gasteiger partial charge in [0.25, 0.3) is 0 Å². The molecule has 4 heteroatoms. The third-order valence-electron chi connectivity index (χ3n) is 4.84. The number of aromatic nitrogens is 1. The first kappa shape index (κ1) is 13.4. The van der Waals surface area contributed by atoms with Crippen molar-refractivity contribution in [3.8, 4) is 0 Å². The molecule has 2 aliphatic heterocycles. The zero-order valence-electron chi connectivity index (χ0n) is 12.2. The molecule has 2 saturated heterocycles. The molecule has 0 saturated carbocycles. The summed E-state index contributed by atoms with van der Waals surface area (Å²) in [5, 5.41) is 2.19. The van der Waals surface area contributed by atoms with Gasteiger partial charge >= 0.3 is 0 Å². The van der Waals surface area contributed by atoms with Gasteiger partial charge in [-0.3, -0.25) is 14.8 Å². The van der Waals surface area contributed by atoms with Crippen LogP contribution in [0.2, 0.25) is 0 Å². The zero-order valence-corrected chi connectivity index (χ0v) is 13.0. The monoisotopic (exact) mass is 299 g/mol. The molecule has 0 spiro atoms. The summed E-state index contributed by atoms with van der Waals surface area (Å²) in [5.41, 5.74) is 1.20. The second-order valence-corrected chi connectivity index (χ2v) is 7.09. The van der Waals surface area contributed by atoms with Crippen molar-refractivity contribution in [1.29, 1.82) is 0 Å². The maximum atomic E-state index is 4.48. The maximum Gasteiger partial charge on any atom is 0.0544 e. The third kappa shape index (κ3) is 2.76. The molecule has 4 heterocycles. The van der Waals surface area contributed by atoms with E-state index in [2.05, 4.69) is 44.4 Å². The molecular formula is C17H21N3S. The highest BCUT2D eigenvalue weighted by atomic mass is 32.1. The molecule has 0 N–H and O–H groups in total. The first-order valence-electron chi connectivity index (χ1n) is 7.80. The Bertz CT molecular complexity index is 569. The summed E-state index contributed by atoms with van der Waals surface area (Å²) < 4.78 is 0. The lowest BCUT2D eigenvalue weighted by molar-refractivity contribution is 0.212. The first-order chi connectivity index (χ1) is 10.4. The smallest absolute Gasteiger partial charge is 0.0544 e. The fraction of sp³-hybridized carbons (Fsp3) is 0.471. The van der Waals surface area contributed by atoms with Crippen LogP contribution in [0.3, 0.4) is 0 Å². The molecule has 0 aromatic carbocycles. The first-order valence-corrected chi connectivity index (χ1v) is 8.68. The van der Waals surface area contributed by atoms with Crippen LogP contribution in [0.25, 0.3) is 0 Å². The van der Waals surface area contributed by atoms with Gasteiger partial charge in [0, 0.05) is 49.3 Å². The van der Waals surface area contributed by atoms with Crippen molar-refractivity contribution in [3.05, 3.63) is 52.5 Å². The molecule has 2 fully saturated rings. The number of pyridine rings is 1. The molecule has 0 aliphatic carbocycles. The molecule has 2 aliphatic rings. The SMILES string of the molecule is c1ccc(CN2CC[C@@H]3[C@@H]2CCN3Cc2cccs2)nc1. The Labute approximate surface area is 130 Å². The zero-order chi connectivity index (χ0) is 14.1. The highest BCUT2D eigenvalue weighted by Gasteiger charge is 2.42. The van der Waals surface area contributed by atoms with Gasteiger partial charge in [0.15, 0.2) is 0 Å². The van der Waals surface area contributed by atoms with Crippen molar-refractivity contribution in [2.75, 3.05) is 13.1 Å². The summed E-state index contributed by atoms with van der Waals surface area (Å²) in [7, 11) is 0. The average molecular weight is 299 g/mol. The normalized spacial score (nSPS) is 26.3. The maximum absolute atomic E-state index is 4.48. The van der Waals surface area contributed by atoms with E-state index in [0.717, 1.165) is 25.2 Å². The van der Waals surface area contributed by atoms with E-state index >= 15 is 0 Å². The molecule has 4 rings (SSSR count). The minimum absolute atomic E-state index is 0.729. The van der Waals surface area contributed by atoms with E-state index in [1.807, 2.05) is 23.6 Å². The van der Waals surface area contributed by atoms with E-state index in [0.29, 0.717) is 0 Å². The molecule has 2 aromatic heterocycles. The Balaban J connectivity index is 1.41. The van der Waals surface area contributed by atoms with Crippen LogP contribution >= 0.6 is 11.3 Å². The van der Waals surface area contributed by atoms with Crippen LogP contribution in [-0.2, 0) is 13.1 Å². The number of rotatable bonds is 4. The number of nitrogens with zero attached hydrogens (tertiary/aromatic N) is 3. The molecule has 2 aromatic rings. The largest absolute Gasteiger partial charge is 0.294 e. The van der Waals surface area contributed by atoms with Gasteiger partial charge in [-0.1, -0.05) is 12.1 Å². The van der Waals surface area contributed by atoms with Crippen LogP contribution in [0.15, 0.2) is 41.9 Å².